The maximum Gasteiger partial charge on any atom is 0.337 e. The van der Waals surface area contributed by atoms with Crippen LogP contribution in [0.1, 0.15) is 17.3 Å². The van der Waals surface area contributed by atoms with Crippen LogP contribution in [0.5, 0.6) is 11.5 Å². The molecule has 33 heavy (non-hydrogen) atoms. The van der Waals surface area contributed by atoms with E-state index in [0.29, 0.717) is 35.8 Å². The smallest absolute Gasteiger partial charge is 0.337 e. The molecule has 0 aliphatic carbocycles. The Bertz CT molecular complexity index is 1040. The van der Waals surface area contributed by atoms with Crippen LogP contribution in [0.15, 0.2) is 42.5 Å². The van der Waals surface area contributed by atoms with Gasteiger partial charge in [0.05, 0.1) is 19.2 Å². The molecule has 2 N–H and O–H groups in total. The summed E-state index contributed by atoms with van der Waals surface area (Å²) in [5.74, 6) is 0.416. The predicted molar refractivity (Wildman–Crippen MR) is 121 cm³/mol. The van der Waals surface area contributed by atoms with Gasteiger partial charge in [-0.1, -0.05) is 0 Å². The Morgan fingerprint density at radius 1 is 1.06 bits per heavy atom. The summed E-state index contributed by atoms with van der Waals surface area (Å²) in [6, 6.07) is 11.8. The molecule has 1 saturated heterocycles. The van der Waals surface area contributed by atoms with Gasteiger partial charge in [-0.15, -0.1) is 0 Å². The van der Waals surface area contributed by atoms with Crippen molar-refractivity contribution in [2.75, 3.05) is 50.3 Å². The minimum Gasteiger partial charge on any atom is -0.465 e. The fourth-order valence-electron chi connectivity index (χ4n) is 3.88. The lowest BCUT2D eigenvalue weighted by molar-refractivity contribution is -0.121. The van der Waals surface area contributed by atoms with E-state index < -0.39 is 6.03 Å². The van der Waals surface area contributed by atoms with E-state index in [2.05, 4.69) is 15.5 Å². The Morgan fingerprint density at radius 3 is 2.55 bits per heavy atom. The summed E-state index contributed by atoms with van der Waals surface area (Å²) >= 11 is 0. The van der Waals surface area contributed by atoms with E-state index in [1.54, 1.807) is 30.3 Å². The molecule has 2 heterocycles. The maximum absolute atomic E-state index is 12.4. The number of hydrogen-bond acceptors (Lipinski definition) is 8. The van der Waals surface area contributed by atoms with E-state index in [4.69, 9.17) is 14.2 Å². The number of benzene rings is 2. The van der Waals surface area contributed by atoms with Crippen LogP contribution in [0.3, 0.4) is 0 Å². The first-order valence-corrected chi connectivity index (χ1v) is 10.6. The molecule has 1 unspecified atom stereocenters. The van der Waals surface area contributed by atoms with E-state index in [-0.39, 0.29) is 31.3 Å². The normalized spacial score (nSPS) is 17.4. The van der Waals surface area contributed by atoms with Gasteiger partial charge >= 0.3 is 12.0 Å². The van der Waals surface area contributed by atoms with Crippen LogP contribution in [-0.2, 0) is 9.53 Å². The summed E-state index contributed by atoms with van der Waals surface area (Å²) in [4.78, 5) is 40.5. The molecule has 0 bridgehead atoms. The third-order valence-corrected chi connectivity index (χ3v) is 5.65. The number of carbonyl (C=O) groups is 3. The molecule has 3 amide bonds. The van der Waals surface area contributed by atoms with Gasteiger partial charge in [-0.3, -0.25) is 15.0 Å². The first-order chi connectivity index (χ1) is 15.9. The summed E-state index contributed by atoms with van der Waals surface area (Å²) < 4.78 is 15.3. The van der Waals surface area contributed by atoms with Gasteiger partial charge in [0.1, 0.15) is 0 Å². The van der Waals surface area contributed by atoms with Crippen molar-refractivity contribution in [2.24, 2.45) is 0 Å². The fourth-order valence-corrected chi connectivity index (χ4v) is 3.88. The Balaban J connectivity index is 1.25. The van der Waals surface area contributed by atoms with Gasteiger partial charge < -0.3 is 24.4 Å². The number of carbonyl (C=O) groups excluding carboxylic acids is 3. The van der Waals surface area contributed by atoms with Gasteiger partial charge in [0.15, 0.2) is 11.5 Å². The molecule has 1 fully saturated rings. The number of ether oxygens (including phenoxy) is 3. The molecular weight excluding hydrogens is 428 g/mol. The van der Waals surface area contributed by atoms with Crippen LogP contribution in [0.2, 0.25) is 0 Å². The van der Waals surface area contributed by atoms with Gasteiger partial charge in [-0.25, -0.2) is 9.59 Å². The van der Waals surface area contributed by atoms with Crippen molar-refractivity contribution < 1.29 is 28.6 Å². The first-order valence-electron chi connectivity index (χ1n) is 10.6. The molecule has 0 aromatic heterocycles. The van der Waals surface area contributed by atoms with Crippen molar-refractivity contribution in [3.8, 4) is 11.5 Å². The van der Waals surface area contributed by atoms with Crippen molar-refractivity contribution in [3.05, 3.63) is 48.0 Å². The van der Waals surface area contributed by atoms with E-state index >= 15 is 0 Å². The lowest BCUT2D eigenvalue weighted by atomic mass is 10.1. The van der Waals surface area contributed by atoms with Gasteiger partial charge in [0.2, 0.25) is 12.7 Å². The number of nitrogens with one attached hydrogen (secondary N) is 2. The van der Waals surface area contributed by atoms with Gasteiger partial charge in [0.25, 0.3) is 0 Å². The van der Waals surface area contributed by atoms with Crippen LogP contribution < -0.4 is 25.0 Å². The quantitative estimate of drug-likeness (QED) is 0.661. The third-order valence-electron chi connectivity index (χ3n) is 5.65. The van der Waals surface area contributed by atoms with Crippen LogP contribution in [0.4, 0.5) is 16.2 Å². The highest BCUT2D eigenvalue weighted by Crippen LogP contribution is 2.34. The van der Waals surface area contributed by atoms with Crippen molar-refractivity contribution >= 4 is 29.3 Å². The molecule has 2 aromatic rings. The van der Waals surface area contributed by atoms with Crippen molar-refractivity contribution in [2.45, 2.75) is 13.0 Å². The Morgan fingerprint density at radius 2 is 1.82 bits per heavy atom. The number of hydrogen-bond donors (Lipinski definition) is 2. The second kappa shape index (κ2) is 9.78. The largest absolute Gasteiger partial charge is 0.465 e. The molecule has 2 aliphatic rings. The molecule has 0 spiro atoms. The zero-order chi connectivity index (χ0) is 23.4. The van der Waals surface area contributed by atoms with Crippen LogP contribution in [0.25, 0.3) is 0 Å². The van der Waals surface area contributed by atoms with Crippen LogP contribution in [-0.4, -0.2) is 68.9 Å². The average Bonchev–Trinajstić information content (AvgIpc) is 3.28. The standard InChI is InChI=1S/C23H26N4O6/c1-15-12-27(18-6-3-16(4-7-18)22(29)31-2)10-9-26(15)13-21(28)25-23(30)24-17-5-8-19-20(11-17)33-14-32-19/h3-8,11,15H,9-10,12-14H2,1-2H3,(H2,24,25,28,30). The van der Waals surface area contributed by atoms with E-state index in [1.165, 1.54) is 7.11 Å². The number of piperazine rings is 1. The first kappa shape index (κ1) is 22.4. The van der Waals surface area contributed by atoms with Gasteiger partial charge in [-0.2, -0.15) is 0 Å². The number of amides is 3. The van der Waals surface area contributed by atoms with E-state index in [0.717, 1.165) is 12.2 Å². The minimum atomic E-state index is -0.601. The summed E-state index contributed by atoms with van der Waals surface area (Å²) in [7, 11) is 1.36. The number of urea groups is 1. The Hall–Kier alpha value is -3.79. The number of anilines is 2. The van der Waals surface area contributed by atoms with E-state index in [1.807, 2.05) is 24.0 Å². The third kappa shape index (κ3) is 5.35. The summed E-state index contributed by atoms with van der Waals surface area (Å²) in [5, 5.41) is 5.00. The molecule has 4 rings (SSSR count). The molecule has 1 atom stereocenters. The lowest BCUT2D eigenvalue weighted by Gasteiger charge is -2.40. The number of methoxy groups -OCH3 is 1. The summed E-state index contributed by atoms with van der Waals surface area (Å²) in [6.07, 6.45) is 0. The van der Waals surface area contributed by atoms with Crippen molar-refractivity contribution in [3.63, 3.8) is 0 Å². The maximum atomic E-state index is 12.4. The molecule has 0 radical (unpaired) electrons. The van der Waals surface area contributed by atoms with Crippen molar-refractivity contribution in [1.82, 2.24) is 10.2 Å². The van der Waals surface area contributed by atoms with Gasteiger partial charge in [-0.05, 0) is 43.3 Å². The van der Waals surface area contributed by atoms with E-state index in [9.17, 15) is 14.4 Å². The minimum absolute atomic E-state index is 0.0988. The highest BCUT2D eigenvalue weighted by Gasteiger charge is 2.26. The van der Waals surface area contributed by atoms with Crippen LogP contribution >= 0.6 is 0 Å². The fraction of sp³-hybridized carbons (Fsp3) is 0.348. The molecule has 10 heteroatoms. The topological polar surface area (TPSA) is 109 Å². The molecule has 174 valence electrons. The molecular formula is C23H26N4O6. The predicted octanol–water partition coefficient (Wildman–Crippen LogP) is 2.06. The van der Waals surface area contributed by atoms with Crippen LogP contribution in [0, 0.1) is 0 Å². The number of rotatable bonds is 5. The molecule has 2 aliphatic heterocycles. The Kier molecular flexibility index (Phi) is 6.64. The highest BCUT2D eigenvalue weighted by molar-refractivity contribution is 6.01. The monoisotopic (exact) mass is 454 g/mol. The lowest BCUT2D eigenvalue weighted by Crippen LogP contribution is -2.55. The average molecular weight is 454 g/mol. The Labute approximate surface area is 191 Å². The molecule has 0 saturated carbocycles. The second-order valence-electron chi connectivity index (χ2n) is 7.87. The molecule has 10 nitrogen and oxygen atoms in total. The summed E-state index contributed by atoms with van der Waals surface area (Å²) in [5.41, 5.74) is 2.01. The number of esters is 1. The highest BCUT2D eigenvalue weighted by atomic mass is 16.7. The SMILES string of the molecule is COC(=O)c1ccc(N2CCN(CC(=O)NC(=O)Nc3ccc4c(c3)OCO4)C(C)C2)cc1. The summed E-state index contributed by atoms with van der Waals surface area (Å²) in [6.45, 7) is 4.40. The zero-order valence-corrected chi connectivity index (χ0v) is 18.5. The van der Waals surface area contributed by atoms with Crippen molar-refractivity contribution in [1.29, 1.82) is 0 Å². The number of nitrogens with zero attached hydrogens (tertiary/aromatic N) is 2. The number of fused-ring (bicyclic) bond motifs is 1. The zero-order valence-electron chi connectivity index (χ0n) is 18.5. The molecule has 2 aromatic carbocycles. The second-order valence-corrected chi connectivity index (χ2v) is 7.87. The van der Waals surface area contributed by atoms with Gasteiger partial charge in [0, 0.05) is 43.1 Å². The number of imide groups is 1.